The second kappa shape index (κ2) is 2.43. The van der Waals surface area contributed by atoms with Crippen molar-refractivity contribution in [2.24, 2.45) is 23.7 Å². The van der Waals surface area contributed by atoms with Crippen molar-refractivity contribution in [2.75, 3.05) is 0 Å². The van der Waals surface area contributed by atoms with Gasteiger partial charge < -0.3 is 0 Å². The average molecular weight is 174 g/mol. The van der Waals surface area contributed by atoms with E-state index < -0.39 is 5.92 Å². The van der Waals surface area contributed by atoms with E-state index >= 15 is 0 Å². The minimum atomic E-state index is -2.33. The van der Waals surface area contributed by atoms with E-state index in [0.717, 1.165) is 12.8 Å². The molecule has 70 valence electrons. The summed E-state index contributed by atoms with van der Waals surface area (Å²) < 4.78 is 27.0. The minimum Gasteiger partial charge on any atom is -0.206 e. The van der Waals surface area contributed by atoms with Gasteiger partial charge in [-0.25, -0.2) is 8.78 Å². The van der Waals surface area contributed by atoms with Gasteiger partial charge in [-0.1, -0.05) is 20.3 Å². The summed E-state index contributed by atoms with van der Waals surface area (Å²) in [7, 11) is 0. The van der Waals surface area contributed by atoms with Crippen molar-refractivity contribution in [3.63, 3.8) is 0 Å². The third kappa shape index (κ3) is 0.868. The van der Waals surface area contributed by atoms with Crippen molar-refractivity contribution in [2.45, 2.75) is 39.0 Å². The Morgan fingerprint density at radius 2 is 1.92 bits per heavy atom. The molecule has 0 nitrogen and oxygen atoms in total. The Balaban J connectivity index is 2.18. The molecule has 2 rings (SSSR count). The number of hydrogen-bond acceptors (Lipinski definition) is 0. The highest BCUT2D eigenvalue weighted by molar-refractivity contribution is 5.10. The maximum atomic E-state index is 13.5. The van der Waals surface area contributed by atoms with E-state index in [-0.39, 0.29) is 11.8 Å². The summed E-state index contributed by atoms with van der Waals surface area (Å²) in [4.78, 5) is 0. The molecule has 0 N–H and O–H groups in total. The van der Waals surface area contributed by atoms with Crippen LogP contribution in [0.5, 0.6) is 0 Å². The molecule has 0 amide bonds. The van der Waals surface area contributed by atoms with Gasteiger partial charge in [0.2, 0.25) is 0 Å². The lowest BCUT2D eigenvalue weighted by molar-refractivity contribution is -0.0724. The van der Waals surface area contributed by atoms with Gasteiger partial charge in [0.1, 0.15) is 0 Å². The Hall–Kier alpha value is -0.140. The van der Waals surface area contributed by atoms with E-state index in [2.05, 4.69) is 0 Å². The maximum absolute atomic E-state index is 13.5. The molecule has 2 heteroatoms. The van der Waals surface area contributed by atoms with Gasteiger partial charge in [-0.2, -0.15) is 0 Å². The predicted octanol–water partition coefficient (Wildman–Crippen LogP) is 3.32. The van der Waals surface area contributed by atoms with Crippen LogP contribution in [0.25, 0.3) is 0 Å². The summed E-state index contributed by atoms with van der Waals surface area (Å²) in [6.07, 6.45) is 2.38. The summed E-state index contributed by atoms with van der Waals surface area (Å²) in [5.74, 6) is -2.20. The quantitative estimate of drug-likeness (QED) is 0.602. The summed E-state index contributed by atoms with van der Waals surface area (Å²) in [5, 5.41) is 0. The van der Waals surface area contributed by atoms with Crippen molar-refractivity contribution in [3.05, 3.63) is 0 Å². The lowest BCUT2D eigenvalue weighted by Crippen LogP contribution is -2.29. The average Bonchev–Trinajstić information content (AvgIpc) is 2.74. The lowest BCUT2D eigenvalue weighted by atomic mass is 9.85. The van der Waals surface area contributed by atoms with Gasteiger partial charge in [-0.05, 0) is 24.7 Å². The van der Waals surface area contributed by atoms with Gasteiger partial charge in [0.05, 0.1) is 0 Å². The SMILES string of the molecule is CCC1C2CC2C(F)(F)C1CC. The maximum Gasteiger partial charge on any atom is 0.254 e. The first-order valence-electron chi connectivity index (χ1n) is 5.00. The number of alkyl halides is 2. The molecule has 0 aromatic rings. The van der Waals surface area contributed by atoms with Crippen molar-refractivity contribution < 1.29 is 8.78 Å². The van der Waals surface area contributed by atoms with Crippen LogP contribution in [-0.2, 0) is 0 Å². The molecule has 0 saturated heterocycles. The summed E-state index contributed by atoms with van der Waals surface area (Å²) in [6.45, 7) is 3.94. The van der Waals surface area contributed by atoms with E-state index in [0.29, 0.717) is 18.3 Å². The number of rotatable bonds is 2. The largest absolute Gasteiger partial charge is 0.254 e. The van der Waals surface area contributed by atoms with Gasteiger partial charge in [-0.15, -0.1) is 0 Å². The zero-order valence-electron chi connectivity index (χ0n) is 7.69. The molecule has 2 saturated carbocycles. The summed E-state index contributed by atoms with van der Waals surface area (Å²) in [6, 6.07) is 0. The smallest absolute Gasteiger partial charge is 0.206 e. The number of halogens is 2. The van der Waals surface area contributed by atoms with Crippen molar-refractivity contribution in [1.82, 2.24) is 0 Å². The highest BCUT2D eigenvalue weighted by atomic mass is 19.3. The van der Waals surface area contributed by atoms with Gasteiger partial charge >= 0.3 is 0 Å². The first-order valence-corrected chi connectivity index (χ1v) is 5.00. The Kier molecular flexibility index (Phi) is 1.71. The van der Waals surface area contributed by atoms with E-state index in [1.54, 1.807) is 0 Å². The standard InChI is InChI=1S/C10H16F2/c1-3-6-7-5-9(7)10(11,12)8(6)4-2/h6-9H,3-5H2,1-2H3. The molecule has 0 heterocycles. The van der Waals surface area contributed by atoms with Crippen molar-refractivity contribution >= 4 is 0 Å². The van der Waals surface area contributed by atoms with Crippen LogP contribution >= 0.6 is 0 Å². The predicted molar refractivity (Wildman–Crippen MR) is 44.1 cm³/mol. The topological polar surface area (TPSA) is 0 Å². The van der Waals surface area contributed by atoms with Crippen molar-refractivity contribution in [3.8, 4) is 0 Å². The molecule has 0 aromatic carbocycles. The third-order valence-corrected chi connectivity index (χ3v) is 3.81. The van der Waals surface area contributed by atoms with Crippen LogP contribution in [0.4, 0.5) is 8.78 Å². The normalized spacial score (nSPS) is 49.0. The fraction of sp³-hybridized carbons (Fsp3) is 1.00. The molecular formula is C10H16F2. The fourth-order valence-corrected chi connectivity index (χ4v) is 3.15. The minimum absolute atomic E-state index is 0.243. The molecule has 0 radical (unpaired) electrons. The van der Waals surface area contributed by atoms with Crippen LogP contribution in [0.15, 0.2) is 0 Å². The first-order chi connectivity index (χ1) is 5.62. The first kappa shape index (κ1) is 8.46. The zero-order valence-corrected chi connectivity index (χ0v) is 7.69. The van der Waals surface area contributed by atoms with Gasteiger partial charge in [0.25, 0.3) is 5.92 Å². The van der Waals surface area contributed by atoms with E-state index in [1.807, 2.05) is 13.8 Å². The molecule has 4 unspecified atom stereocenters. The lowest BCUT2D eigenvalue weighted by Gasteiger charge is -2.26. The molecule has 0 aliphatic heterocycles. The Morgan fingerprint density at radius 1 is 1.25 bits per heavy atom. The molecule has 0 spiro atoms. The molecule has 2 aliphatic rings. The van der Waals surface area contributed by atoms with Crippen LogP contribution in [0.1, 0.15) is 33.1 Å². The molecule has 12 heavy (non-hydrogen) atoms. The highest BCUT2D eigenvalue weighted by Crippen LogP contribution is 2.66. The van der Waals surface area contributed by atoms with E-state index in [4.69, 9.17) is 0 Å². The second-order valence-corrected chi connectivity index (χ2v) is 4.27. The Labute approximate surface area is 72.3 Å². The second-order valence-electron chi connectivity index (χ2n) is 4.27. The van der Waals surface area contributed by atoms with Crippen LogP contribution in [0.2, 0.25) is 0 Å². The molecular weight excluding hydrogens is 158 g/mol. The van der Waals surface area contributed by atoms with E-state index in [9.17, 15) is 8.78 Å². The summed E-state index contributed by atoms with van der Waals surface area (Å²) >= 11 is 0. The van der Waals surface area contributed by atoms with Crippen molar-refractivity contribution in [1.29, 1.82) is 0 Å². The molecule has 0 aromatic heterocycles. The number of fused-ring (bicyclic) bond motifs is 1. The molecule has 4 atom stereocenters. The monoisotopic (exact) mass is 174 g/mol. The van der Waals surface area contributed by atoms with Crippen LogP contribution in [-0.4, -0.2) is 5.92 Å². The van der Waals surface area contributed by atoms with Gasteiger partial charge in [0, 0.05) is 11.8 Å². The van der Waals surface area contributed by atoms with E-state index in [1.165, 1.54) is 0 Å². The molecule has 2 aliphatic carbocycles. The highest BCUT2D eigenvalue weighted by Gasteiger charge is 2.68. The van der Waals surface area contributed by atoms with Crippen LogP contribution in [0.3, 0.4) is 0 Å². The number of hydrogen-bond donors (Lipinski definition) is 0. The van der Waals surface area contributed by atoms with Gasteiger partial charge in [0.15, 0.2) is 0 Å². The Bertz CT molecular complexity index is 188. The molecule has 0 bridgehead atoms. The van der Waals surface area contributed by atoms with Crippen LogP contribution < -0.4 is 0 Å². The third-order valence-electron chi connectivity index (χ3n) is 3.81. The molecule has 2 fully saturated rings. The van der Waals surface area contributed by atoms with Crippen LogP contribution in [0, 0.1) is 23.7 Å². The fourth-order valence-electron chi connectivity index (χ4n) is 3.15. The summed E-state index contributed by atoms with van der Waals surface area (Å²) in [5.41, 5.74) is 0. The zero-order chi connectivity index (χ0) is 8.93. The Morgan fingerprint density at radius 3 is 2.33 bits per heavy atom. The van der Waals surface area contributed by atoms with Gasteiger partial charge in [-0.3, -0.25) is 0 Å².